The first-order valence-electron chi connectivity index (χ1n) is 3.71. The molecule has 0 aromatic carbocycles. The van der Waals surface area contributed by atoms with E-state index in [2.05, 4.69) is 8.75 Å². The van der Waals surface area contributed by atoms with Crippen LogP contribution in [0.15, 0.2) is 6.20 Å². The summed E-state index contributed by atoms with van der Waals surface area (Å²) in [5.41, 5.74) is -0.206. The van der Waals surface area contributed by atoms with Crippen LogP contribution in [0.2, 0.25) is 0 Å². The minimum Gasteiger partial charge on any atom is -0.394 e. The summed E-state index contributed by atoms with van der Waals surface area (Å²) >= 11 is 0.706. The van der Waals surface area contributed by atoms with Gasteiger partial charge in [0.25, 0.3) is 5.91 Å². The molecule has 15 heavy (non-hydrogen) atoms. The highest BCUT2D eigenvalue weighted by atomic mass is 32.1. The molecule has 2 N–H and O–H groups in total. The smallest absolute Gasteiger partial charge is 0.394 e. The van der Waals surface area contributed by atoms with Crippen LogP contribution in [0.25, 0.3) is 0 Å². The van der Waals surface area contributed by atoms with E-state index in [1.54, 1.807) is 5.32 Å². The van der Waals surface area contributed by atoms with Crippen LogP contribution in [0, 0.1) is 0 Å². The number of hydrogen-bond acceptors (Lipinski definition) is 5. The van der Waals surface area contributed by atoms with Crippen molar-refractivity contribution < 1.29 is 23.1 Å². The number of nitrogens with zero attached hydrogens (tertiary/aromatic N) is 2. The Hall–Kier alpha value is -1.22. The van der Waals surface area contributed by atoms with Crippen LogP contribution in [0.1, 0.15) is 10.5 Å². The Morgan fingerprint density at radius 2 is 2.33 bits per heavy atom. The number of halogens is 3. The number of carbonyl (C=O) groups is 1. The van der Waals surface area contributed by atoms with Gasteiger partial charge in [0.1, 0.15) is 6.04 Å². The Bertz CT molecular complexity index is 327. The summed E-state index contributed by atoms with van der Waals surface area (Å²) in [6.45, 7) is -1.22. The zero-order valence-electron chi connectivity index (χ0n) is 7.15. The van der Waals surface area contributed by atoms with E-state index in [4.69, 9.17) is 5.11 Å². The van der Waals surface area contributed by atoms with Crippen LogP contribution in [-0.2, 0) is 0 Å². The predicted octanol–water partition coefficient (Wildman–Crippen LogP) is 0.191. The molecule has 1 amide bonds. The van der Waals surface area contributed by atoms with Gasteiger partial charge in [-0.05, 0) is 0 Å². The molecule has 0 radical (unpaired) electrons. The van der Waals surface area contributed by atoms with Crippen molar-refractivity contribution in [2.75, 3.05) is 6.61 Å². The highest BCUT2D eigenvalue weighted by Gasteiger charge is 2.40. The zero-order chi connectivity index (χ0) is 11.5. The van der Waals surface area contributed by atoms with Crippen molar-refractivity contribution >= 4 is 17.6 Å². The fourth-order valence-corrected chi connectivity index (χ4v) is 1.14. The van der Waals surface area contributed by atoms with E-state index in [1.807, 2.05) is 0 Å². The van der Waals surface area contributed by atoms with Crippen molar-refractivity contribution in [1.82, 2.24) is 14.1 Å². The average molecular weight is 241 g/mol. The van der Waals surface area contributed by atoms with Gasteiger partial charge < -0.3 is 10.4 Å². The van der Waals surface area contributed by atoms with Gasteiger partial charge in [-0.3, -0.25) is 4.79 Å². The molecule has 0 fully saturated rings. The topological polar surface area (TPSA) is 75.1 Å². The Balaban J connectivity index is 2.65. The monoisotopic (exact) mass is 241 g/mol. The lowest BCUT2D eigenvalue weighted by atomic mass is 10.3. The lowest BCUT2D eigenvalue weighted by molar-refractivity contribution is -0.161. The summed E-state index contributed by atoms with van der Waals surface area (Å²) in [7, 11) is 0. The molecule has 1 atom stereocenters. The third-order valence-corrected chi connectivity index (χ3v) is 1.95. The quantitative estimate of drug-likeness (QED) is 0.792. The van der Waals surface area contributed by atoms with Crippen LogP contribution in [0.3, 0.4) is 0 Å². The van der Waals surface area contributed by atoms with Gasteiger partial charge >= 0.3 is 6.18 Å². The number of aromatic nitrogens is 2. The molecule has 84 valence electrons. The molecular formula is C6H6F3N3O2S. The lowest BCUT2D eigenvalue weighted by Gasteiger charge is -2.18. The van der Waals surface area contributed by atoms with Crippen molar-refractivity contribution in [2.45, 2.75) is 12.2 Å². The fourth-order valence-electron chi connectivity index (χ4n) is 0.728. The van der Waals surface area contributed by atoms with Gasteiger partial charge in [0.15, 0.2) is 5.69 Å². The summed E-state index contributed by atoms with van der Waals surface area (Å²) in [5.74, 6) is -1.01. The second kappa shape index (κ2) is 4.53. The normalized spacial score (nSPS) is 13.6. The van der Waals surface area contributed by atoms with E-state index < -0.39 is 24.7 Å². The minimum atomic E-state index is -4.69. The molecule has 5 nitrogen and oxygen atoms in total. The molecule has 0 aliphatic carbocycles. The molecule has 0 saturated heterocycles. The van der Waals surface area contributed by atoms with E-state index in [-0.39, 0.29) is 5.69 Å². The number of aliphatic hydroxyl groups is 1. The number of aliphatic hydroxyl groups excluding tert-OH is 1. The van der Waals surface area contributed by atoms with Crippen LogP contribution >= 0.6 is 11.7 Å². The number of hydrogen-bond donors (Lipinski definition) is 2. The summed E-state index contributed by atoms with van der Waals surface area (Å²) in [6.07, 6.45) is -3.64. The second-order valence-corrected chi connectivity index (χ2v) is 3.10. The lowest BCUT2D eigenvalue weighted by Crippen LogP contribution is -2.47. The number of nitrogens with one attached hydrogen (secondary N) is 1. The highest BCUT2D eigenvalue weighted by molar-refractivity contribution is 6.99. The first-order valence-corrected chi connectivity index (χ1v) is 4.44. The van der Waals surface area contributed by atoms with Crippen LogP contribution in [0.4, 0.5) is 13.2 Å². The standard InChI is InChI=1S/C6H6F3N3O2S/c7-6(8,9)4(2-13)11-5(14)3-1-10-15-12-3/h1,4,13H,2H2,(H,11,14)/t4-/m0/s1. The Morgan fingerprint density at radius 1 is 1.67 bits per heavy atom. The molecule has 0 spiro atoms. The predicted molar refractivity (Wildman–Crippen MR) is 44.3 cm³/mol. The van der Waals surface area contributed by atoms with Gasteiger partial charge in [-0.2, -0.15) is 21.9 Å². The summed E-state index contributed by atoms with van der Waals surface area (Å²) in [6, 6.07) is -2.29. The molecule has 0 saturated carbocycles. The Labute approximate surface area is 86.3 Å². The molecule has 0 bridgehead atoms. The van der Waals surface area contributed by atoms with E-state index >= 15 is 0 Å². The van der Waals surface area contributed by atoms with Gasteiger partial charge in [-0.1, -0.05) is 0 Å². The van der Waals surface area contributed by atoms with Crippen molar-refractivity contribution in [3.05, 3.63) is 11.9 Å². The van der Waals surface area contributed by atoms with Crippen LogP contribution in [0.5, 0.6) is 0 Å². The maximum atomic E-state index is 12.1. The molecule has 1 heterocycles. The molecule has 0 aliphatic heterocycles. The van der Waals surface area contributed by atoms with Gasteiger partial charge in [-0.25, -0.2) is 0 Å². The van der Waals surface area contributed by atoms with Gasteiger partial charge in [-0.15, -0.1) is 0 Å². The number of alkyl halides is 3. The third-order valence-electron chi connectivity index (χ3n) is 1.48. The second-order valence-electron chi connectivity index (χ2n) is 2.54. The van der Waals surface area contributed by atoms with Gasteiger partial charge in [0, 0.05) is 0 Å². The number of carbonyl (C=O) groups excluding carboxylic acids is 1. The van der Waals surface area contributed by atoms with Crippen molar-refractivity contribution in [3.63, 3.8) is 0 Å². The van der Waals surface area contributed by atoms with E-state index in [0.29, 0.717) is 11.7 Å². The van der Waals surface area contributed by atoms with Crippen LogP contribution < -0.4 is 5.32 Å². The summed E-state index contributed by atoms with van der Waals surface area (Å²) in [5, 5.41) is 10.0. The maximum Gasteiger partial charge on any atom is 0.410 e. The SMILES string of the molecule is O=C(N[C@@H](CO)C(F)(F)F)c1cnsn1. The maximum absolute atomic E-state index is 12.1. The third kappa shape index (κ3) is 3.13. The number of amides is 1. The molecule has 1 rings (SSSR count). The zero-order valence-corrected chi connectivity index (χ0v) is 7.97. The van der Waals surface area contributed by atoms with Crippen molar-refractivity contribution in [2.24, 2.45) is 0 Å². The number of rotatable bonds is 3. The highest BCUT2D eigenvalue weighted by Crippen LogP contribution is 2.19. The summed E-state index contributed by atoms with van der Waals surface area (Å²) in [4.78, 5) is 11.1. The Kier molecular flexibility index (Phi) is 3.58. The molecule has 0 unspecified atom stereocenters. The first kappa shape index (κ1) is 11.9. The fraction of sp³-hybridized carbons (Fsp3) is 0.500. The molecule has 1 aromatic rings. The average Bonchev–Trinajstić information content (AvgIpc) is 2.64. The molecule has 9 heteroatoms. The minimum absolute atomic E-state index is 0.206. The first-order chi connectivity index (χ1) is 6.95. The molecule has 0 aliphatic rings. The van der Waals surface area contributed by atoms with Crippen molar-refractivity contribution in [3.8, 4) is 0 Å². The Morgan fingerprint density at radius 3 is 2.73 bits per heavy atom. The molecule has 1 aromatic heterocycles. The summed E-state index contributed by atoms with van der Waals surface area (Å²) < 4.78 is 43.3. The van der Waals surface area contributed by atoms with Gasteiger partial charge in [0.2, 0.25) is 0 Å². The van der Waals surface area contributed by atoms with E-state index in [1.165, 1.54) is 0 Å². The van der Waals surface area contributed by atoms with Gasteiger partial charge in [0.05, 0.1) is 24.5 Å². The van der Waals surface area contributed by atoms with Crippen molar-refractivity contribution in [1.29, 1.82) is 0 Å². The largest absolute Gasteiger partial charge is 0.410 e. The molecular weight excluding hydrogens is 235 g/mol. The van der Waals surface area contributed by atoms with E-state index in [0.717, 1.165) is 6.20 Å². The van der Waals surface area contributed by atoms with Crippen LogP contribution in [-0.4, -0.2) is 38.6 Å². The van der Waals surface area contributed by atoms with E-state index in [9.17, 15) is 18.0 Å².